The molecule has 1 aromatic rings. The van der Waals surface area contributed by atoms with Gasteiger partial charge in [0.1, 0.15) is 6.67 Å². The summed E-state index contributed by atoms with van der Waals surface area (Å²) in [4.78, 5) is 0. The lowest BCUT2D eigenvalue weighted by molar-refractivity contribution is 0.562. The zero-order chi connectivity index (χ0) is 8.97. The third-order valence-corrected chi connectivity index (χ3v) is 1.54. The van der Waals surface area contributed by atoms with Crippen LogP contribution in [0.2, 0.25) is 0 Å². The van der Waals surface area contributed by atoms with E-state index in [9.17, 15) is 4.39 Å². The van der Waals surface area contributed by atoms with Crippen molar-refractivity contribution in [1.82, 2.24) is 0 Å². The summed E-state index contributed by atoms with van der Waals surface area (Å²) in [7, 11) is 0. The van der Waals surface area contributed by atoms with E-state index in [1.54, 1.807) is 24.3 Å². The molecule has 0 aliphatic carbocycles. The molecule has 1 rings (SSSR count). The molecule has 2 nitrogen and oxygen atoms in total. The second-order valence-corrected chi connectivity index (χ2v) is 2.44. The number of hydrogen-bond acceptors (Lipinski definition) is 2. The fraction of sp³-hybridized carbons (Fsp3) is 0.111. The molecule has 0 saturated heterocycles. The van der Waals surface area contributed by atoms with Crippen LogP contribution in [0.5, 0.6) is 0 Å². The Hall–Kier alpha value is -1.51. The van der Waals surface area contributed by atoms with Gasteiger partial charge < -0.3 is 11.5 Å². The number of allylic oxidation sites excluding steroid dienone is 1. The molecule has 0 bridgehead atoms. The van der Waals surface area contributed by atoms with Crippen LogP contribution in [0.1, 0.15) is 5.56 Å². The number of hydrogen-bond donors (Lipinski definition) is 2. The molecule has 0 atom stereocenters. The number of anilines is 1. The fourth-order valence-electron chi connectivity index (χ4n) is 0.877. The van der Waals surface area contributed by atoms with Gasteiger partial charge in [-0.15, -0.1) is 0 Å². The lowest BCUT2D eigenvalue weighted by atomic mass is 10.1. The van der Waals surface area contributed by atoms with Crippen LogP contribution >= 0.6 is 0 Å². The van der Waals surface area contributed by atoms with Gasteiger partial charge in [0.2, 0.25) is 0 Å². The number of benzene rings is 1. The highest BCUT2D eigenvalue weighted by Gasteiger charge is 1.94. The average molecular weight is 166 g/mol. The third-order valence-electron chi connectivity index (χ3n) is 1.54. The normalized spacial score (nSPS) is 11.6. The van der Waals surface area contributed by atoms with Gasteiger partial charge in [0, 0.05) is 11.4 Å². The fourth-order valence-corrected chi connectivity index (χ4v) is 0.877. The predicted molar refractivity (Wildman–Crippen MR) is 49.0 cm³/mol. The number of nitrogen functional groups attached to an aromatic ring is 1. The summed E-state index contributed by atoms with van der Waals surface area (Å²) in [6.45, 7) is -0.545. The standard InChI is InChI=1S/C9H11FN2/c10-6-5-9(12)7-1-3-8(11)4-2-7/h1-5H,6,11-12H2/b9-5+. The summed E-state index contributed by atoms with van der Waals surface area (Å²) < 4.78 is 11.8. The smallest absolute Gasteiger partial charge is 0.110 e. The van der Waals surface area contributed by atoms with Crippen molar-refractivity contribution in [2.45, 2.75) is 0 Å². The molecular weight excluding hydrogens is 155 g/mol. The van der Waals surface area contributed by atoms with Gasteiger partial charge in [0.05, 0.1) is 0 Å². The Labute approximate surface area is 70.7 Å². The maximum absolute atomic E-state index is 11.8. The van der Waals surface area contributed by atoms with Gasteiger partial charge in [-0.3, -0.25) is 0 Å². The van der Waals surface area contributed by atoms with Gasteiger partial charge in [-0.2, -0.15) is 0 Å². The molecular formula is C9H11FN2. The topological polar surface area (TPSA) is 52.0 Å². The monoisotopic (exact) mass is 166 g/mol. The Bertz CT molecular complexity index is 277. The van der Waals surface area contributed by atoms with Gasteiger partial charge in [-0.05, 0) is 23.8 Å². The van der Waals surface area contributed by atoms with E-state index in [-0.39, 0.29) is 0 Å². The van der Waals surface area contributed by atoms with Crippen molar-refractivity contribution in [3.8, 4) is 0 Å². The van der Waals surface area contributed by atoms with E-state index < -0.39 is 6.67 Å². The summed E-state index contributed by atoms with van der Waals surface area (Å²) >= 11 is 0. The Morgan fingerprint density at radius 3 is 2.42 bits per heavy atom. The van der Waals surface area contributed by atoms with Gasteiger partial charge in [-0.25, -0.2) is 4.39 Å². The molecule has 0 radical (unpaired) electrons. The second-order valence-electron chi connectivity index (χ2n) is 2.44. The first-order valence-corrected chi connectivity index (χ1v) is 3.61. The quantitative estimate of drug-likeness (QED) is 0.655. The van der Waals surface area contributed by atoms with Gasteiger partial charge in [0.15, 0.2) is 0 Å². The van der Waals surface area contributed by atoms with Crippen LogP contribution in [-0.2, 0) is 0 Å². The molecule has 0 amide bonds. The van der Waals surface area contributed by atoms with Crippen LogP contribution in [-0.4, -0.2) is 6.67 Å². The van der Waals surface area contributed by atoms with Crippen LogP contribution in [0.4, 0.5) is 10.1 Å². The van der Waals surface area contributed by atoms with E-state index in [1.807, 2.05) is 0 Å². The number of halogens is 1. The summed E-state index contributed by atoms with van der Waals surface area (Å²) in [5, 5.41) is 0. The SMILES string of the molecule is N/C(=C/CF)c1ccc(N)cc1. The highest BCUT2D eigenvalue weighted by Crippen LogP contribution is 2.11. The third kappa shape index (κ3) is 1.99. The number of nitrogens with two attached hydrogens (primary N) is 2. The van der Waals surface area contributed by atoms with E-state index in [4.69, 9.17) is 11.5 Å². The summed E-state index contributed by atoms with van der Waals surface area (Å²) in [6.07, 6.45) is 1.32. The first-order chi connectivity index (χ1) is 5.74. The number of rotatable bonds is 2. The second kappa shape index (κ2) is 3.76. The minimum Gasteiger partial charge on any atom is -0.399 e. The van der Waals surface area contributed by atoms with E-state index in [2.05, 4.69) is 0 Å². The largest absolute Gasteiger partial charge is 0.399 e. The molecule has 0 aromatic heterocycles. The van der Waals surface area contributed by atoms with Crippen LogP contribution in [0.3, 0.4) is 0 Å². The highest BCUT2D eigenvalue weighted by atomic mass is 19.1. The molecule has 1 aromatic carbocycles. The molecule has 0 saturated carbocycles. The molecule has 0 spiro atoms. The Balaban J connectivity index is 2.89. The lowest BCUT2D eigenvalue weighted by Gasteiger charge is -2.00. The molecule has 0 fully saturated rings. The maximum Gasteiger partial charge on any atom is 0.110 e. The van der Waals surface area contributed by atoms with E-state index in [1.165, 1.54) is 6.08 Å². The van der Waals surface area contributed by atoms with Gasteiger partial charge in [0.25, 0.3) is 0 Å². The van der Waals surface area contributed by atoms with Crippen molar-refractivity contribution in [2.24, 2.45) is 5.73 Å². The van der Waals surface area contributed by atoms with Gasteiger partial charge >= 0.3 is 0 Å². The molecule has 12 heavy (non-hydrogen) atoms. The molecule has 64 valence electrons. The minimum atomic E-state index is -0.545. The first kappa shape index (κ1) is 8.59. The van der Waals surface area contributed by atoms with E-state index in [0.717, 1.165) is 5.56 Å². The predicted octanol–water partition coefficient (Wildman–Crippen LogP) is 1.54. The van der Waals surface area contributed by atoms with Crippen LogP contribution in [0.25, 0.3) is 5.70 Å². The van der Waals surface area contributed by atoms with Crippen LogP contribution in [0, 0.1) is 0 Å². The molecule has 0 aliphatic rings. The number of alkyl halides is 1. The highest BCUT2D eigenvalue weighted by molar-refractivity contribution is 5.64. The minimum absolute atomic E-state index is 0.442. The lowest BCUT2D eigenvalue weighted by Crippen LogP contribution is -1.96. The molecule has 3 heteroatoms. The zero-order valence-corrected chi connectivity index (χ0v) is 6.63. The maximum atomic E-state index is 11.8. The van der Waals surface area contributed by atoms with E-state index >= 15 is 0 Å². The van der Waals surface area contributed by atoms with E-state index in [0.29, 0.717) is 11.4 Å². The van der Waals surface area contributed by atoms with Crippen molar-refractivity contribution in [1.29, 1.82) is 0 Å². The Morgan fingerprint density at radius 1 is 1.33 bits per heavy atom. The van der Waals surface area contributed by atoms with Crippen molar-refractivity contribution in [2.75, 3.05) is 12.4 Å². The van der Waals surface area contributed by atoms with Crippen molar-refractivity contribution >= 4 is 11.4 Å². The van der Waals surface area contributed by atoms with Crippen LogP contribution < -0.4 is 11.5 Å². The van der Waals surface area contributed by atoms with Crippen molar-refractivity contribution in [3.05, 3.63) is 35.9 Å². The van der Waals surface area contributed by atoms with Crippen LogP contribution in [0.15, 0.2) is 30.3 Å². The molecule has 0 unspecified atom stereocenters. The Kier molecular flexibility index (Phi) is 2.69. The molecule has 4 N–H and O–H groups in total. The summed E-state index contributed by atoms with van der Waals surface area (Å²) in [5.41, 5.74) is 12.9. The average Bonchev–Trinajstić information content (AvgIpc) is 2.06. The zero-order valence-electron chi connectivity index (χ0n) is 6.63. The Morgan fingerprint density at radius 2 is 1.92 bits per heavy atom. The summed E-state index contributed by atoms with van der Waals surface area (Å²) in [6, 6.07) is 6.98. The van der Waals surface area contributed by atoms with Crippen molar-refractivity contribution < 1.29 is 4.39 Å². The summed E-state index contributed by atoms with van der Waals surface area (Å²) in [5.74, 6) is 0. The molecule has 0 heterocycles. The first-order valence-electron chi connectivity index (χ1n) is 3.61. The molecule has 0 aliphatic heterocycles. The van der Waals surface area contributed by atoms with Crippen molar-refractivity contribution in [3.63, 3.8) is 0 Å². The van der Waals surface area contributed by atoms with Gasteiger partial charge in [-0.1, -0.05) is 12.1 Å².